The van der Waals surface area contributed by atoms with Crippen molar-refractivity contribution in [1.82, 2.24) is 9.13 Å². The highest BCUT2D eigenvalue weighted by Gasteiger charge is 2.33. The Kier molecular flexibility index (Phi) is 5.88. The fourth-order valence-corrected chi connectivity index (χ4v) is 7.49. The van der Waals surface area contributed by atoms with Crippen LogP contribution < -0.4 is 9.80 Å². The molecule has 2 aliphatic heterocycles. The lowest BCUT2D eigenvalue weighted by Crippen LogP contribution is -2.20. The third kappa shape index (κ3) is 3.46. The number of rotatable bonds is 0. The summed E-state index contributed by atoms with van der Waals surface area (Å²) in [7, 11) is 8.43. The molecule has 0 bridgehead atoms. The molecule has 4 aromatic carbocycles. The maximum Gasteiger partial charge on any atom is 0.103 e. The summed E-state index contributed by atoms with van der Waals surface area (Å²) in [6.45, 7) is 0. The van der Waals surface area contributed by atoms with Crippen LogP contribution in [0.3, 0.4) is 0 Å². The topological polar surface area (TPSA) is 16.3 Å². The van der Waals surface area contributed by atoms with Gasteiger partial charge in [0.2, 0.25) is 0 Å². The normalized spacial score (nSPS) is 17.1. The molecule has 4 nitrogen and oxygen atoms in total. The molecule has 0 aliphatic carbocycles. The summed E-state index contributed by atoms with van der Waals surface area (Å²) in [4.78, 5) is 4.51. The number of hydrogen-bond donors (Lipinski definition) is 0. The maximum absolute atomic E-state index is 6.77. The predicted molar refractivity (Wildman–Crippen MR) is 170 cm³/mol. The molecule has 2 unspecified atom stereocenters. The maximum atomic E-state index is 6.77. The molecule has 0 N–H and O–H groups in total. The summed E-state index contributed by atoms with van der Waals surface area (Å²) < 4.78 is 4.43. The van der Waals surface area contributed by atoms with Gasteiger partial charge in [-0.25, -0.2) is 0 Å². The van der Waals surface area contributed by atoms with E-state index in [2.05, 4.69) is 144 Å². The standard InChI is InChI=1S/2C17H15ClN2/c2*1-19-13-9-5-3-7-11(13)15(18)17-16(19)12-8-4-6-10-14(12)20(17)2/h2*3-10,15H,1-2H3. The third-order valence-corrected chi connectivity index (χ3v) is 9.43. The van der Waals surface area contributed by atoms with Crippen LogP contribution in [0.15, 0.2) is 97.1 Å². The molecule has 0 amide bonds. The van der Waals surface area contributed by atoms with E-state index in [9.17, 15) is 0 Å². The van der Waals surface area contributed by atoms with Gasteiger partial charge in [0.05, 0.1) is 33.8 Å². The van der Waals surface area contributed by atoms with Crippen LogP contribution in [-0.4, -0.2) is 23.2 Å². The van der Waals surface area contributed by atoms with E-state index in [1.807, 2.05) is 0 Å². The van der Waals surface area contributed by atoms with Crippen LogP contribution in [0, 0.1) is 0 Å². The van der Waals surface area contributed by atoms with Gasteiger partial charge in [0.15, 0.2) is 0 Å². The lowest BCUT2D eigenvalue weighted by atomic mass is 9.99. The van der Waals surface area contributed by atoms with Gasteiger partial charge in [0.25, 0.3) is 0 Å². The van der Waals surface area contributed by atoms with Crippen LogP contribution in [0.25, 0.3) is 21.8 Å². The number of aryl methyl sites for hydroxylation is 2. The number of alkyl halides is 2. The average Bonchev–Trinajstić information content (AvgIpc) is 3.47. The summed E-state index contributed by atoms with van der Waals surface area (Å²) in [5.41, 5.74) is 12.0. The number of hydrogen-bond acceptors (Lipinski definition) is 2. The minimum absolute atomic E-state index is 0.102. The molecule has 6 heteroatoms. The molecule has 40 heavy (non-hydrogen) atoms. The average molecular weight is 566 g/mol. The highest BCUT2D eigenvalue weighted by atomic mass is 35.5. The summed E-state index contributed by atoms with van der Waals surface area (Å²) in [6, 6.07) is 33.7. The summed E-state index contributed by atoms with van der Waals surface area (Å²) >= 11 is 13.5. The van der Waals surface area contributed by atoms with Gasteiger partial charge in [0.1, 0.15) is 10.8 Å². The van der Waals surface area contributed by atoms with Crippen LogP contribution in [0.4, 0.5) is 22.7 Å². The van der Waals surface area contributed by atoms with Gasteiger partial charge >= 0.3 is 0 Å². The predicted octanol–water partition coefficient (Wildman–Crippen LogP) is 9.18. The van der Waals surface area contributed by atoms with Crippen LogP contribution in [0.1, 0.15) is 33.3 Å². The van der Waals surface area contributed by atoms with E-state index in [1.165, 1.54) is 67.1 Å². The number of benzene rings is 4. The van der Waals surface area contributed by atoms with Crippen molar-refractivity contribution < 1.29 is 0 Å². The molecule has 8 rings (SSSR count). The summed E-state index contributed by atoms with van der Waals surface area (Å²) in [5, 5.41) is 2.31. The Morgan fingerprint density at radius 2 is 0.825 bits per heavy atom. The molecule has 0 radical (unpaired) electrons. The Bertz CT molecular complexity index is 1780. The molecule has 2 aliphatic rings. The monoisotopic (exact) mass is 564 g/mol. The molecule has 0 fully saturated rings. The SMILES string of the molecule is CN1c2ccccc2C(Cl)c2c1c1ccccc1n2C.CN1c2ccccc2C(Cl)c2c1c1ccccc1n2C. The summed E-state index contributed by atoms with van der Waals surface area (Å²) in [5.74, 6) is 0. The second-order valence-corrected chi connectivity index (χ2v) is 11.5. The third-order valence-electron chi connectivity index (χ3n) is 8.54. The first-order chi connectivity index (χ1) is 19.4. The van der Waals surface area contributed by atoms with Crippen molar-refractivity contribution >= 4 is 67.8 Å². The molecule has 6 aromatic rings. The Balaban J connectivity index is 0.000000132. The number of aromatic nitrogens is 2. The second-order valence-electron chi connectivity index (χ2n) is 10.6. The van der Waals surface area contributed by atoms with Crippen molar-refractivity contribution in [3.63, 3.8) is 0 Å². The van der Waals surface area contributed by atoms with E-state index < -0.39 is 0 Å². The van der Waals surface area contributed by atoms with Crippen LogP contribution >= 0.6 is 23.2 Å². The van der Waals surface area contributed by atoms with Crippen molar-refractivity contribution in [2.24, 2.45) is 14.1 Å². The number of anilines is 4. The molecule has 0 spiro atoms. The van der Waals surface area contributed by atoms with Gasteiger partial charge in [-0.2, -0.15) is 0 Å². The van der Waals surface area contributed by atoms with Gasteiger partial charge in [-0.05, 0) is 35.4 Å². The van der Waals surface area contributed by atoms with Gasteiger partial charge in [-0.3, -0.25) is 0 Å². The van der Waals surface area contributed by atoms with Crippen molar-refractivity contribution in [1.29, 1.82) is 0 Å². The molecular weight excluding hydrogens is 535 g/mol. The van der Waals surface area contributed by atoms with E-state index in [0.29, 0.717) is 0 Å². The molecule has 200 valence electrons. The first-order valence-corrected chi connectivity index (χ1v) is 14.4. The van der Waals surface area contributed by atoms with Crippen molar-refractivity contribution in [2.75, 3.05) is 23.9 Å². The first kappa shape index (κ1) is 25.1. The zero-order valence-corrected chi connectivity index (χ0v) is 24.4. The van der Waals surface area contributed by atoms with E-state index in [0.717, 1.165) is 0 Å². The number of nitrogens with zero attached hydrogens (tertiary/aromatic N) is 4. The van der Waals surface area contributed by atoms with Crippen LogP contribution in [0.5, 0.6) is 0 Å². The van der Waals surface area contributed by atoms with Crippen LogP contribution in [-0.2, 0) is 14.1 Å². The Hall–Kier alpha value is -3.86. The quantitative estimate of drug-likeness (QED) is 0.171. The molecule has 0 saturated heterocycles. The zero-order chi connectivity index (χ0) is 27.7. The number of fused-ring (bicyclic) bond motifs is 8. The molecule has 2 aromatic heterocycles. The molecular formula is C34H30Cl2N4. The Labute approximate surface area is 244 Å². The lowest BCUT2D eigenvalue weighted by Gasteiger charge is -2.31. The van der Waals surface area contributed by atoms with E-state index >= 15 is 0 Å². The fourth-order valence-electron chi connectivity index (χ4n) is 6.62. The lowest BCUT2D eigenvalue weighted by molar-refractivity contribution is 0.849. The van der Waals surface area contributed by atoms with Gasteiger partial charge < -0.3 is 18.9 Å². The van der Waals surface area contributed by atoms with Crippen molar-refractivity contribution in [3.8, 4) is 0 Å². The van der Waals surface area contributed by atoms with E-state index in [1.54, 1.807) is 0 Å². The highest BCUT2D eigenvalue weighted by molar-refractivity contribution is 6.25. The van der Waals surface area contributed by atoms with Gasteiger partial charge in [-0.15, -0.1) is 23.2 Å². The minimum Gasteiger partial charge on any atom is -0.344 e. The first-order valence-electron chi connectivity index (χ1n) is 13.5. The van der Waals surface area contributed by atoms with Crippen molar-refractivity contribution in [2.45, 2.75) is 10.8 Å². The zero-order valence-electron chi connectivity index (χ0n) is 22.9. The Morgan fingerprint density at radius 3 is 1.25 bits per heavy atom. The molecule has 2 atom stereocenters. The van der Waals surface area contributed by atoms with Crippen LogP contribution in [0.2, 0.25) is 0 Å². The molecule has 0 saturated carbocycles. The Morgan fingerprint density at radius 1 is 0.475 bits per heavy atom. The number of para-hydroxylation sites is 4. The van der Waals surface area contributed by atoms with E-state index in [4.69, 9.17) is 23.2 Å². The number of halogens is 2. The largest absolute Gasteiger partial charge is 0.344 e. The smallest absolute Gasteiger partial charge is 0.103 e. The fraction of sp³-hybridized carbons (Fsp3) is 0.176. The van der Waals surface area contributed by atoms with E-state index in [-0.39, 0.29) is 10.8 Å². The minimum atomic E-state index is -0.102. The second kappa shape index (κ2) is 9.36. The van der Waals surface area contributed by atoms with Gasteiger partial charge in [0, 0.05) is 50.3 Å². The summed E-state index contributed by atoms with van der Waals surface area (Å²) in [6.07, 6.45) is 0. The highest BCUT2D eigenvalue weighted by Crippen LogP contribution is 2.51. The van der Waals surface area contributed by atoms with Gasteiger partial charge in [-0.1, -0.05) is 72.8 Å². The van der Waals surface area contributed by atoms with Crippen molar-refractivity contribution in [3.05, 3.63) is 120 Å². The molecule has 4 heterocycles.